The van der Waals surface area contributed by atoms with Crippen LogP contribution < -0.4 is 9.96 Å². The van der Waals surface area contributed by atoms with Crippen LogP contribution in [0.5, 0.6) is 0 Å². The van der Waals surface area contributed by atoms with Crippen LogP contribution in [0.1, 0.15) is 22.7 Å². The second kappa shape index (κ2) is 7.73. The molecule has 0 N–H and O–H groups in total. The molecule has 7 heteroatoms. The lowest BCUT2D eigenvalue weighted by atomic mass is 9.90. The number of nitrogens with zero attached hydrogens (tertiary/aromatic N) is 2. The molecular weight excluding hydrogens is 431 g/mol. The minimum atomic E-state index is -1.08. The third-order valence-electron chi connectivity index (χ3n) is 6.01. The van der Waals surface area contributed by atoms with E-state index in [9.17, 15) is 9.59 Å². The van der Waals surface area contributed by atoms with Crippen molar-refractivity contribution in [1.82, 2.24) is 0 Å². The van der Waals surface area contributed by atoms with Crippen LogP contribution >= 0.6 is 11.6 Å². The summed E-state index contributed by atoms with van der Waals surface area (Å²) in [6.07, 6.45) is -1.08. The summed E-state index contributed by atoms with van der Waals surface area (Å²) in [6.45, 7) is 3.79. The van der Waals surface area contributed by atoms with Gasteiger partial charge >= 0.3 is 0 Å². The van der Waals surface area contributed by atoms with Crippen LogP contribution in [0.15, 0.2) is 66.7 Å². The molecule has 0 bridgehead atoms. The van der Waals surface area contributed by atoms with Crippen molar-refractivity contribution >= 4 is 34.8 Å². The van der Waals surface area contributed by atoms with Crippen molar-refractivity contribution in [2.24, 2.45) is 5.92 Å². The molecule has 5 rings (SSSR count). The number of carbonyl (C=O) groups excluding carboxylic acids is 2. The Hall–Kier alpha value is -3.22. The molecule has 3 aromatic rings. The number of para-hydroxylation sites is 1. The van der Waals surface area contributed by atoms with E-state index < -0.39 is 35.7 Å². The van der Waals surface area contributed by atoms with Gasteiger partial charge in [0.05, 0.1) is 11.4 Å². The third kappa shape index (κ3) is 3.10. The van der Waals surface area contributed by atoms with Crippen LogP contribution in [-0.4, -0.2) is 17.9 Å². The topological polar surface area (TPSA) is 49.9 Å². The average molecular weight is 451 g/mol. The fraction of sp³-hybridized carbons (Fsp3) is 0.200. The SMILES string of the molecule is Cc1ccc(N2C(=O)C3ON(c4ccccc4)C(c4c(F)cccc4Cl)C3C2=O)c(C)c1. The molecule has 3 atom stereocenters. The van der Waals surface area contributed by atoms with E-state index in [0.717, 1.165) is 16.0 Å². The highest BCUT2D eigenvalue weighted by molar-refractivity contribution is 6.31. The second-order valence-electron chi connectivity index (χ2n) is 8.10. The first kappa shape index (κ1) is 20.7. The Labute approximate surface area is 189 Å². The number of carbonyl (C=O) groups is 2. The predicted octanol–water partition coefficient (Wildman–Crippen LogP) is 5.15. The Morgan fingerprint density at radius 3 is 2.38 bits per heavy atom. The fourth-order valence-corrected chi connectivity index (χ4v) is 4.87. The van der Waals surface area contributed by atoms with Gasteiger partial charge in [0.2, 0.25) is 5.91 Å². The highest BCUT2D eigenvalue weighted by Crippen LogP contribution is 2.49. The summed E-state index contributed by atoms with van der Waals surface area (Å²) in [5.41, 5.74) is 3.06. The van der Waals surface area contributed by atoms with E-state index in [1.54, 1.807) is 36.4 Å². The highest BCUT2D eigenvalue weighted by atomic mass is 35.5. The van der Waals surface area contributed by atoms with Crippen molar-refractivity contribution < 1.29 is 18.8 Å². The monoisotopic (exact) mass is 450 g/mol. The van der Waals surface area contributed by atoms with Crippen LogP contribution in [0, 0.1) is 25.6 Å². The smallest absolute Gasteiger partial charge is 0.266 e. The van der Waals surface area contributed by atoms with Gasteiger partial charge in [0.1, 0.15) is 17.8 Å². The van der Waals surface area contributed by atoms with E-state index in [0.29, 0.717) is 11.4 Å². The maximum Gasteiger partial charge on any atom is 0.266 e. The molecule has 0 aromatic heterocycles. The zero-order valence-corrected chi connectivity index (χ0v) is 18.2. The van der Waals surface area contributed by atoms with Crippen molar-refractivity contribution in [3.63, 3.8) is 0 Å². The Kier molecular flexibility index (Phi) is 4.99. The first-order valence-corrected chi connectivity index (χ1v) is 10.7. The van der Waals surface area contributed by atoms with E-state index in [1.165, 1.54) is 17.2 Å². The van der Waals surface area contributed by atoms with Gasteiger partial charge < -0.3 is 0 Å². The van der Waals surface area contributed by atoms with E-state index >= 15 is 4.39 Å². The van der Waals surface area contributed by atoms with Gasteiger partial charge in [-0.25, -0.2) is 14.4 Å². The lowest BCUT2D eigenvalue weighted by Gasteiger charge is -2.29. The lowest BCUT2D eigenvalue weighted by molar-refractivity contribution is -0.126. The quantitative estimate of drug-likeness (QED) is 0.518. The molecule has 32 heavy (non-hydrogen) atoms. The van der Waals surface area contributed by atoms with Gasteiger partial charge in [-0.15, -0.1) is 0 Å². The maximum atomic E-state index is 15.0. The first-order valence-electron chi connectivity index (χ1n) is 10.3. The average Bonchev–Trinajstić information content (AvgIpc) is 3.26. The van der Waals surface area contributed by atoms with Gasteiger partial charge in [-0.2, -0.15) is 0 Å². The van der Waals surface area contributed by atoms with Crippen molar-refractivity contribution in [2.45, 2.75) is 26.0 Å². The van der Waals surface area contributed by atoms with Gasteiger partial charge in [-0.3, -0.25) is 14.4 Å². The number of hydrogen-bond donors (Lipinski definition) is 0. The van der Waals surface area contributed by atoms with Crippen molar-refractivity contribution in [2.75, 3.05) is 9.96 Å². The van der Waals surface area contributed by atoms with Crippen molar-refractivity contribution in [3.8, 4) is 0 Å². The molecule has 2 heterocycles. The number of fused-ring (bicyclic) bond motifs is 1. The van der Waals surface area contributed by atoms with Crippen molar-refractivity contribution in [3.05, 3.63) is 94.3 Å². The van der Waals surface area contributed by atoms with Crippen molar-refractivity contribution in [1.29, 1.82) is 0 Å². The third-order valence-corrected chi connectivity index (χ3v) is 6.34. The van der Waals surface area contributed by atoms with E-state index in [1.807, 2.05) is 32.0 Å². The summed E-state index contributed by atoms with van der Waals surface area (Å²) in [4.78, 5) is 34.2. The molecule has 0 spiro atoms. The number of imide groups is 1. The zero-order valence-electron chi connectivity index (χ0n) is 17.5. The van der Waals surface area contributed by atoms with E-state index in [2.05, 4.69) is 0 Å². The minimum Gasteiger partial charge on any atom is -0.273 e. The van der Waals surface area contributed by atoms with E-state index in [-0.39, 0.29) is 10.6 Å². The van der Waals surface area contributed by atoms with Crippen LogP contribution in [0.25, 0.3) is 0 Å². The summed E-state index contributed by atoms with van der Waals surface area (Å²) < 4.78 is 15.0. The number of halogens is 2. The van der Waals surface area contributed by atoms with Gasteiger partial charge in [0, 0.05) is 10.6 Å². The summed E-state index contributed by atoms with van der Waals surface area (Å²) in [7, 11) is 0. The molecular formula is C25H20ClFN2O3. The Balaban J connectivity index is 1.64. The molecule has 3 aromatic carbocycles. The number of aryl methyl sites for hydroxylation is 2. The number of hydrogen-bond acceptors (Lipinski definition) is 4. The molecule has 0 radical (unpaired) electrons. The lowest BCUT2D eigenvalue weighted by Crippen LogP contribution is -2.38. The maximum absolute atomic E-state index is 15.0. The first-order chi connectivity index (χ1) is 15.4. The molecule has 162 valence electrons. The Bertz CT molecular complexity index is 1210. The number of benzene rings is 3. The Morgan fingerprint density at radius 1 is 0.938 bits per heavy atom. The number of rotatable bonds is 3. The molecule has 2 amide bonds. The van der Waals surface area contributed by atoms with Crippen LogP contribution in [0.3, 0.4) is 0 Å². The number of anilines is 2. The van der Waals surface area contributed by atoms with E-state index in [4.69, 9.17) is 16.4 Å². The molecule has 0 saturated carbocycles. The predicted molar refractivity (Wildman–Crippen MR) is 120 cm³/mol. The minimum absolute atomic E-state index is 0.133. The van der Waals surface area contributed by atoms with Crippen LogP contribution in [0.4, 0.5) is 15.8 Å². The standard InChI is InChI=1S/C25H20ClFN2O3/c1-14-11-12-19(15(2)13-14)28-24(30)21-22(20-17(26)9-6-10-18(20)27)29(32-23(21)25(28)31)16-7-4-3-5-8-16/h3-13,21-23H,1-2H3. The molecule has 5 nitrogen and oxygen atoms in total. The van der Waals surface area contributed by atoms with Gasteiger partial charge in [-0.05, 0) is 49.7 Å². The van der Waals surface area contributed by atoms with Gasteiger partial charge in [-0.1, -0.05) is 53.6 Å². The molecule has 3 unspecified atom stereocenters. The second-order valence-corrected chi connectivity index (χ2v) is 8.50. The van der Waals surface area contributed by atoms with Crippen LogP contribution in [0.2, 0.25) is 5.02 Å². The zero-order chi connectivity index (χ0) is 22.6. The molecule has 2 saturated heterocycles. The highest BCUT2D eigenvalue weighted by Gasteiger charge is 2.61. The molecule has 2 aliphatic rings. The molecule has 2 fully saturated rings. The molecule has 0 aliphatic carbocycles. The fourth-order valence-electron chi connectivity index (χ4n) is 4.59. The van der Waals surface area contributed by atoms with Crippen LogP contribution in [-0.2, 0) is 14.4 Å². The normalized spacial score (nSPS) is 22.6. The summed E-state index contributed by atoms with van der Waals surface area (Å²) in [5.74, 6) is -2.41. The van der Waals surface area contributed by atoms with Gasteiger partial charge in [0.25, 0.3) is 5.91 Å². The number of hydroxylamine groups is 1. The summed E-state index contributed by atoms with van der Waals surface area (Å²) in [6, 6.07) is 18.0. The number of amides is 2. The Morgan fingerprint density at radius 2 is 1.69 bits per heavy atom. The molecule has 2 aliphatic heterocycles. The summed E-state index contributed by atoms with van der Waals surface area (Å²) >= 11 is 6.40. The largest absolute Gasteiger partial charge is 0.273 e. The van der Waals surface area contributed by atoms with Gasteiger partial charge in [0.15, 0.2) is 6.10 Å². The summed E-state index contributed by atoms with van der Waals surface area (Å²) in [5, 5.41) is 1.61.